The Morgan fingerprint density at radius 3 is 2.45 bits per heavy atom. The number of ether oxygens (including phenoxy) is 2. The van der Waals surface area contributed by atoms with Crippen LogP contribution in [0.5, 0.6) is 5.75 Å². The number of nitrogens with one attached hydrogen (secondary N) is 1. The number of carbonyl (C=O) groups is 1. The van der Waals surface area contributed by atoms with Gasteiger partial charge in [0.05, 0.1) is 18.5 Å². The third-order valence-electron chi connectivity index (χ3n) is 4.39. The summed E-state index contributed by atoms with van der Waals surface area (Å²) in [5.41, 5.74) is 2.58. The summed E-state index contributed by atoms with van der Waals surface area (Å²) in [7, 11) is 1.66. The van der Waals surface area contributed by atoms with Gasteiger partial charge < -0.3 is 19.4 Å². The van der Waals surface area contributed by atoms with Crippen molar-refractivity contribution in [1.82, 2.24) is 9.88 Å². The van der Waals surface area contributed by atoms with E-state index in [1.54, 1.807) is 18.4 Å². The summed E-state index contributed by atoms with van der Waals surface area (Å²) in [5, 5.41) is 4.94. The lowest BCUT2D eigenvalue weighted by atomic mass is 10.1. The Kier molecular flexibility index (Phi) is 7.52. The van der Waals surface area contributed by atoms with Gasteiger partial charge in [-0.15, -0.1) is 11.3 Å². The number of rotatable bonds is 7. The number of benzene rings is 2. The lowest BCUT2D eigenvalue weighted by molar-refractivity contribution is 0.0526. The van der Waals surface area contributed by atoms with E-state index in [1.165, 1.54) is 0 Å². The van der Waals surface area contributed by atoms with E-state index >= 15 is 0 Å². The minimum atomic E-state index is -0.505. The van der Waals surface area contributed by atoms with Gasteiger partial charge in [-0.2, -0.15) is 0 Å². The fraction of sp³-hybridized carbons (Fsp3) is 0.333. The molecule has 3 rings (SSSR count). The van der Waals surface area contributed by atoms with Crippen LogP contribution in [-0.2, 0) is 11.3 Å². The summed E-state index contributed by atoms with van der Waals surface area (Å²) >= 11 is 1.60. The van der Waals surface area contributed by atoms with Crippen molar-refractivity contribution in [3.05, 3.63) is 64.8 Å². The zero-order valence-corrected chi connectivity index (χ0v) is 19.2. The van der Waals surface area contributed by atoms with Crippen molar-refractivity contribution in [2.45, 2.75) is 39.3 Å². The van der Waals surface area contributed by atoms with Gasteiger partial charge in [-0.05, 0) is 69.2 Å². The first-order valence-corrected chi connectivity index (χ1v) is 11.1. The highest BCUT2D eigenvalue weighted by Crippen LogP contribution is 2.24. The Hall–Kier alpha value is -3.06. The average molecular weight is 440 g/mol. The summed E-state index contributed by atoms with van der Waals surface area (Å²) < 4.78 is 12.8. The van der Waals surface area contributed by atoms with E-state index in [2.05, 4.69) is 15.3 Å². The van der Waals surface area contributed by atoms with Gasteiger partial charge in [0, 0.05) is 18.5 Å². The van der Waals surface area contributed by atoms with Crippen LogP contribution in [0.15, 0.2) is 65.0 Å². The molecule has 0 aliphatic heterocycles. The molecule has 0 aliphatic carbocycles. The minimum Gasteiger partial charge on any atom is -0.497 e. The van der Waals surface area contributed by atoms with Crippen LogP contribution in [-0.4, -0.2) is 29.9 Å². The molecule has 1 aromatic heterocycles. The van der Waals surface area contributed by atoms with Crippen LogP contribution in [0.3, 0.4) is 0 Å². The Labute approximate surface area is 187 Å². The minimum absolute atomic E-state index is 0.396. The molecule has 0 atom stereocenters. The number of amides is 1. The van der Waals surface area contributed by atoms with Crippen LogP contribution in [0, 0.1) is 0 Å². The number of hydrogen-bond acceptors (Lipinski definition) is 5. The molecule has 0 saturated carbocycles. The first-order valence-electron chi connectivity index (χ1n) is 10.2. The second-order valence-corrected chi connectivity index (χ2v) is 8.85. The van der Waals surface area contributed by atoms with Gasteiger partial charge in [-0.25, -0.2) is 9.79 Å². The number of nitrogens with zero attached hydrogens (tertiary/aromatic N) is 2. The Morgan fingerprint density at radius 2 is 1.81 bits per heavy atom. The van der Waals surface area contributed by atoms with Crippen molar-refractivity contribution in [1.29, 1.82) is 0 Å². The van der Waals surface area contributed by atoms with Crippen molar-refractivity contribution in [2.75, 3.05) is 13.7 Å². The summed E-state index contributed by atoms with van der Waals surface area (Å²) in [4.78, 5) is 17.6. The van der Waals surface area contributed by atoms with Gasteiger partial charge >= 0.3 is 6.09 Å². The molecule has 0 bridgehead atoms. The molecule has 7 heteroatoms. The topological polar surface area (TPSA) is 64.8 Å². The van der Waals surface area contributed by atoms with Crippen LogP contribution in [0.25, 0.3) is 11.3 Å². The highest BCUT2D eigenvalue weighted by atomic mass is 32.1. The van der Waals surface area contributed by atoms with E-state index in [-0.39, 0.29) is 0 Å². The quantitative estimate of drug-likeness (QED) is 0.503. The lowest BCUT2D eigenvalue weighted by Gasteiger charge is -2.19. The molecule has 1 heterocycles. The number of methoxy groups -OCH3 is 1. The van der Waals surface area contributed by atoms with Crippen LogP contribution < -0.4 is 14.9 Å². The second-order valence-electron chi connectivity index (χ2n) is 8.01. The predicted octanol–water partition coefficient (Wildman–Crippen LogP) is 5.37. The van der Waals surface area contributed by atoms with Gasteiger partial charge in [-0.1, -0.05) is 18.2 Å². The van der Waals surface area contributed by atoms with Gasteiger partial charge in [0.15, 0.2) is 4.80 Å². The van der Waals surface area contributed by atoms with Crippen molar-refractivity contribution < 1.29 is 14.3 Å². The van der Waals surface area contributed by atoms with E-state index < -0.39 is 11.7 Å². The van der Waals surface area contributed by atoms with Gasteiger partial charge in [0.1, 0.15) is 11.4 Å². The highest BCUT2D eigenvalue weighted by molar-refractivity contribution is 7.07. The SMILES string of the molecule is COc1ccc(-c2csc(=Nc3ccccc3)n2CCCNC(=O)OC(C)(C)C)cc1. The summed E-state index contributed by atoms with van der Waals surface area (Å²) in [6.45, 7) is 6.79. The Morgan fingerprint density at radius 1 is 1.10 bits per heavy atom. The maximum Gasteiger partial charge on any atom is 0.407 e. The molecule has 164 valence electrons. The predicted molar refractivity (Wildman–Crippen MR) is 125 cm³/mol. The zero-order chi connectivity index (χ0) is 22.3. The highest BCUT2D eigenvalue weighted by Gasteiger charge is 2.15. The molecular formula is C24H29N3O3S. The van der Waals surface area contributed by atoms with Gasteiger partial charge in [0.2, 0.25) is 0 Å². The summed E-state index contributed by atoms with van der Waals surface area (Å²) in [5.74, 6) is 0.821. The molecule has 1 amide bonds. The number of carbonyl (C=O) groups excluding carboxylic acids is 1. The molecule has 0 fully saturated rings. The molecule has 3 aromatic rings. The largest absolute Gasteiger partial charge is 0.497 e. The first-order chi connectivity index (χ1) is 14.9. The van der Waals surface area contributed by atoms with E-state index in [0.717, 1.165) is 33.9 Å². The number of alkyl carbamates (subject to hydrolysis) is 1. The van der Waals surface area contributed by atoms with Crippen molar-refractivity contribution in [3.8, 4) is 17.0 Å². The fourth-order valence-electron chi connectivity index (χ4n) is 2.98. The summed E-state index contributed by atoms with van der Waals surface area (Å²) in [6, 6.07) is 17.9. The smallest absolute Gasteiger partial charge is 0.407 e. The molecule has 31 heavy (non-hydrogen) atoms. The standard InChI is InChI=1S/C24H29N3O3S/c1-24(2,3)30-23(28)25-15-8-16-27-21(18-11-13-20(29-4)14-12-18)17-31-22(27)26-19-9-6-5-7-10-19/h5-7,9-14,17H,8,15-16H2,1-4H3,(H,25,28). The molecule has 0 aliphatic rings. The van der Waals surface area contributed by atoms with Crippen LogP contribution in [0.4, 0.5) is 10.5 Å². The molecule has 6 nitrogen and oxygen atoms in total. The number of hydrogen-bond donors (Lipinski definition) is 1. The lowest BCUT2D eigenvalue weighted by Crippen LogP contribution is -2.33. The molecule has 0 unspecified atom stereocenters. The molecular weight excluding hydrogens is 410 g/mol. The van der Waals surface area contributed by atoms with E-state index in [0.29, 0.717) is 13.1 Å². The fourth-order valence-corrected chi connectivity index (χ4v) is 3.94. The summed E-state index contributed by atoms with van der Waals surface area (Å²) in [6.07, 6.45) is 0.355. The maximum absolute atomic E-state index is 11.9. The van der Waals surface area contributed by atoms with E-state index in [9.17, 15) is 4.79 Å². The molecule has 1 N–H and O–H groups in total. The van der Waals surface area contributed by atoms with Gasteiger partial charge in [-0.3, -0.25) is 0 Å². The van der Waals surface area contributed by atoms with Crippen LogP contribution in [0.1, 0.15) is 27.2 Å². The monoisotopic (exact) mass is 439 g/mol. The van der Waals surface area contributed by atoms with E-state index in [1.807, 2.05) is 75.4 Å². The third kappa shape index (κ3) is 6.72. The third-order valence-corrected chi connectivity index (χ3v) is 5.25. The van der Waals surface area contributed by atoms with Crippen LogP contribution >= 0.6 is 11.3 Å². The normalized spacial score (nSPS) is 11.9. The Bertz CT molecular complexity index is 1050. The number of aromatic nitrogens is 1. The molecule has 0 spiro atoms. The molecule has 0 saturated heterocycles. The van der Waals surface area contributed by atoms with Crippen molar-refractivity contribution in [2.24, 2.45) is 4.99 Å². The van der Waals surface area contributed by atoms with Crippen molar-refractivity contribution >= 4 is 23.1 Å². The van der Waals surface area contributed by atoms with Crippen LogP contribution in [0.2, 0.25) is 0 Å². The Balaban J connectivity index is 1.80. The first kappa shape index (κ1) is 22.6. The van der Waals surface area contributed by atoms with Gasteiger partial charge in [0.25, 0.3) is 0 Å². The average Bonchev–Trinajstić information content (AvgIpc) is 3.13. The maximum atomic E-state index is 11.9. The molecule has 2 aromatic carbocycles. The second kappa shape index (κ2) is 10.3. The number of para-hydroxylation sites is 1. The number of thiazole rings is 1. The van der Waals surface area contributed by atoms with Crippen molar-refractivity contribution in [3.63, 3.8) is 0 Å². The zero-order valence-electron chi connectivity index (χ0n) is 18.4. The molecule has 0 radical (unpaired) electrons. The van der Waals surface area contributed by atoms with E-state index in [4.69, 9.17) is 14.5 Å².